The number of hydrogen-bond donors (Lipinski definition) is 2. The first kappa shape index (κ1) is 22.2. The predicted octanol–water partition coefficient (Wildman–Crippen LogP) is 4.18. The molecule has 0 bridgehead atoms. The van der Waals surface area contributed by atoms with E-state index in [9.17, 15) is 0 Å². The van der Waals surface area contributed by atoms with Crippen LogP contribution >= 0.6 is 45.7 Å². The van der Waals surface area contributed by atoms with Crippen LogP contribution in [-0.4, -0.2) is 27.4 Å². The Hall–Kier alpha value is -0.790. The second-order valence-corrected chi connectivity index (χ2v) is 5.95. The van der Waals surface area contributed by atoms with Crippen LogP contribution in [0.15, 0.2) is 47.8 Å². The number of benzene rings is 1. The van der Waals surface area contributed by atoms with Gasteiger partial charge in [0.25, 0.3) is 0 Å². The van der Waals surface area contributed by atoms with Crippen molar-refractivity contribution < 1.29 is 0 Å². The number of imidazole rings is 1. The number of nitrogens with two attached hydrogens (primary N) is 1. The van der Waals surface area contributed by atoms with Crippen LogP contribution in [-0.2, 0) is 12.8 Å². The topological polar surface area (TPSA) is 67.1 Å². The summed E-state index contributed by atoms with van der Waals surface area (Å²) in [7, 11) is 0. The van der Waals surface area contributed by atoms with Gasteiger partial charge in [-0.15, -0.1) is 34.0 Å². The maximum Gasteiger partial charge on any atom is 0.153 e. The zero-order valence-corrected chi connectivity index (χ0v) is 17.2. The number of hydrogen-bond acceptors (Lipinski definition) is 3. The van der Waals surface area contributed by atoms with Gasteiger partial charge in [0.2, 0.25) is 0 Å². The number of aryl methyl sites for hydroxylation is 2. The lowest BCUT2D eigenvalue weighted by atomic mass is 10.1. The highest BCUT2D eigenvalue weighted by molar-refractivity contribution is 8.93. The van der Waals surface area contributed by atoms with Gasteiger partial charge in [0.05, 0.1) is 6.33 Å². The Bertz CT molecular complexity index is 532. The minimum Gasteiger partial charge on any atom is -0.379 e. The van der Waals surface area contributed by atoms with Crippen molar-refractivity contribution in [1.82, 2.24) is 9.97 Å². The van der Waals surface area contributed by atoms with Gasteiger partial charge in [0, 0.05) is 24.2 Å². The van der Waals surface area contributed by atoms with Gasteiger partial charge in [-0.3, -0.25) is 4.99 Å². The average Bonchev–Trinajstić information content (AvgIpc) is 3.02. The van der Waals surface area contributed by atoms with E-state index in [0.29, 0.717) is 5.17 Å². The number of H-pyrrole nitrogens is 1. The van der Waals surface area contributed by atoms with Crippen molar-refractivity contribution in [3.8, 4) is 0 Å². The Labute approximate surface area is 163 Å². The molecule has 4 nitrogen and oxygen atoms in total. The third-order valence-corrected chi connectivity index (χ3v) is 4.05. The van der Waals surface area contributed by atoms with Gasteiger partial charge in [-0.1, -0.05) is 42.1 Å². The first-order valence-corrected chi connectivity index (χ1v) is 8.27. The third-order valence-electron chi connectivity index (χ3n) is 3.13. The molecule has 0 spiro atoms. The lowest BCUT2D eigenvalue weighted by Gasteiger charge is -2.02. The smallest absolute Gasteiger partial charge is 0.153 e. The quantitative estimate of drug-likeness (QED) is 0.350. The highest BCUT2D eigenvalue weighted by Crippen LogP contribution is 2.07. The van der Waals surface area contributed by atoms with Crippen LogP contribution in [0.25, 0.3) is 0 Å². The lowest BCUT2D eigenvalue weighted by Crippen LogP contribution is -2.08. The van der Waals surface area contributed by atoms with Gasteiger partial charge >= 0.3 is 0 Å². The van der Waals surface area contributed by atoms with Crippen LogP contribution in [0.4, 0.5) is 0 Å². The van der Waals surface area contributed by atoms with Gasteiger partial charge in [-0.05, 0) is 31.2 Å². The van der Waals surface area contributed by atoms with E-state index in [1.54, 1.807) is 18.1 Å². The van der Waals surface area contributed by atoms with E-state index >= 15 is 0 Å². The number of nitrogens with one attached hydrogen (secondary N) is 1. The third kappa shape index (κ3) is 9.84. The van der Waals surface area contributed by atoms with Gasteiger partial charge in [0.1, 0.15) is 0 Å². The molecule has 0 radical (unpaired) electrons. The van der Waals surface area contributed by atoms with Gasteiger partial charge in [0.15, 0.2) is 5.17 Å². The summed E-state index contributed by atoms with van der Waals surface area (Å²) >= 11 is 1.64. The summed E-state index contributed by atoms with van der Waals surface area (Å²) in [5, 5.41) is 0.702. The summed E-state index contributed by atoms with van der Waals surface area (Å²) in [6.45, 7) is 0.800. The van der Waals surface area contributed by atoms with Crippen molar-refractivity contribution in [2.45, 2.75) is 25.7 Å². The van der Waals surface area contributed by atoms with Gasteiger partial charge in [-0.25, -0.2) is 4.98 Å². The molecule has 0 amide bonds. The molecule has 0 aliphatic carbocycles. The van der Waals surface area contributed by atoms with E-state index in [-0.39, 0.29) is 34.0 Å². The normalized spacial score (nSPS) is 10.7. The Kier molecular flexibility index (Phi) is 13.2. The highest BCUT2D eigenvalue weighted by Gasteiger charge is 1.97. The van der Waals surface area contributed by atoms with E-state index in [1.807, 2.05) is 12.3 Å². The number of amidine groups is 1. The van der Waals surface area contributed by atoms with Crippen LogP contribution in [0.2, 0.25) is 0 Å². The SMILES string of the molecule is Br.Br.NC(=NCCCc1ccccc1)SCCCc1cnc[nH]1. The first-order chi connectivity index (χ1) is 10.3. The molecule has 2 rings (SSSR count). The molecule has 2 aromatic rings. The largest absolute Gasteiger partial charge is 0.379 e. The van der Waals surface area contributed by atoms with E-state index in [2.05, 4.69) is 39.2 Å². The van der Waals surface area contributed by atoms with E-state index in [0.717, 1.165) is 38.0 Å². The molecular formula is C16H24Br2N4S. The average molecular weight is 464 g/mol. The van der Waals surface area contributed by atoms with Crippen molar-refractivity contribution in [1.29, 1.82) is 0 Å². The molecule has 0 aliphatic rings. The summed E-state index contributed by atoms with van der Waals surface area (Å²) in [5.74, 6) is 0.993. The lowest BCUT2D eigenvalue weighted by molar-refractivity contribution is 0.834. The molecule has 128 valence electrons. The molecular weight excluding hydrogens is 440 g/mol. The molecule has 0 saturated heterocycles. The summed E-state index contributed by atoms with van der Waals surface area (Å²) in [6.07, 6.45) is 7.76. The fraction of sp³-hybridized carbons (Fsp3) is 0.375. The predicted molar refractivity (Wildman–Crippen MR) is 111 cm³/mol. The zero-order valence-electron chi connectivity index (χ0n) is 13.0. The van der Waals surface area contributed by atoms with E-state index < -0.39 is 0 Å². The van der Waals surface area contributed by atoms with Gasteiger partial charge < -0.3 is 10.7 Å². The standard InChI is InChI=1S/C16H22N4S.2BrH/c17-16(21-11-5-9-15-12-18-13-20-15)19-10-4-8-14-6-2-1-3-7-14;;/h1-3,6-7,12-13H,4-5,8-11H2,(H2,17,19)(H,18,20);2*1H. The minimum atomic E-state index is 0. The number of halogens is 2. The fourth-order valence-electron chi connectivity index (χ4n) is 2.02. The van der Waals surface area contributed by atoms with Crippen molar-refractivity contribution in [3.63, 3.8) is 0 Å². The molecule has 1 heterocycles. The molecule has 0 aliphatic heterocycles. The molecule has 1 aromatic carbocycles. The van der Waals surface area contributed by atoms with Crippen molar-refractivity contribution in [2.24, 2.45) is 10.7 Å². The van der Waals surface area contributed by atoms with Crippen molar-refractivity contribution in [3.05, 3.63) is 54.1 Å². The van der Waals surface area contributed by atoms with Crippen molar-refractivity contribution >= 4 is 50.9 Å². The molecule has 0 unspecified atom stereocenters. The number of thioether (sulfide) groups is 1. The van der Waals surface area contributed by atoms with Crippen LogP contribution in [0.3, 0.4) is 0 Å². The molecule has 0 fully saturated rings. The highest BCUT2D eigenvalue weighted by atomic mass is 79.9. The minimum absolute atomic E-state index is 0. The zero-order chi connectivity index (χ0) is 14.8. The first-order valence-electron chi connectivity index (χ1n) is 7.28. The Morgan fingerprint density at radius 3 is 2.61 bits per heavy atom. The van der Waals surface area contributed by atoms with E-state index in [4.69, 9.17) is 5.73 Å². The summed E-state index contributed by atoms with van der Waals surface area (Å²) in [6, 6.07) is 10.5. The van der Waals surface area contributed by atoms with Crippen LogP contribution < -0.4 is 5.73 Å². The summed E-state index contributed by atoms with van der Waals surface area (Å²) in [5.41, 5.74) is 8.44. The second kappa shape index (κ2) is 13.6. The molecule has 3 N–H and O–H groups in total. The van der Waals surface area contributed by atoms with Crippen molar-refractivity contribution in [2.75, 3.05) is 12.3 Å². The molecule has 0 saturated carbocycles. The number of rotatable bonds is 8. The molecule has 1 aromatic heterocycles. The molecule has 23 heavy (non-hydrogen) atoms. The molecule has 7 heteroatoms. The number of aliphatic imine (C=N–C) groups is 1. The summed E-state index contributed by atoms with van der Waals surface area (Å²) in [4.78, 5) is 11.5. The maximum atomic E-state index is 5.91. The number of aromatic nitrogens is 2. The second-order valence-electron chi connectivity index (χ2n) is 4.84. The monoisotopic (exact) mass is 462 g/mol. The Morgan fingerprint density at radius 2 is 1.91 bits per heavy atom. The van der Waals surface area contributed by atoms with Crippen LogP contribution in [0.5, 0.6) is 0 Å². The maximum absolute atomic E-state index is 5.91. The van der Waals surface area contributed by atoms with Gasteiger partial charge in [-0.2, -0.15) is 0 Å². The summed E-state index contributed by atoms with van der Waals surface area (Å²) < 4.78 is 0. The number of nitrogens with zero attached hydrogens (tertiary/aromatic N) is 2. The number of aromatic amines is 1. The molecule has 0 atom stereocenters. The Morgan fingerprint density at radius 1 is 1.13 bits per heavy atom. The van der Waals surface area contributed by atoms with E-state index in [1.165, 1.54) is 11.3 Å². The van der Waals surface area contributed by atoms with Crippen LogP contribution in [0.1, 0.15) is 24.1 Å². The Balaban J connectivity index is 0.00000242. The fourth-order valence-corrected chi connectivity index (χ4v) is 2.70. The van der Waals surface area contributed by atoms with Crippen LogP contribution in [0, 0.1) is 0 Å².